The summed E-state index contributed by atoms with van der Waals surface area (Å²) in [6.45, 7) is 6.51. The summed E-state index contributed by atoms with van der Waals surface area (Å²) in [7, 11) is 0. The molecule has 0 spiro atoms. The summed E-state index contributed by atoms with van der Waals surface area (Å²) in [5.41, 5.74) is 0.201. The Labute approximate surface area is 106 Å². The first-order chi connectivity index (χ1) is 8.63. The predicted octanol–water partition coefficient (Wildman–Crippen LogP) is 1.47. The van der Waals surface area contributed by atoms with E-state index in [0.717, 1.165) is 0 Å². The lowest BCUT2D eigenvalue weighted by Gasteiger charge is -2.29. The van der Waals surface area contributed by atoms with Gasteiger partial charge < -0.3 is 14.1 Å². The molecule has 5 nitrogen and oxygen atoms in total. The molecule has 0 atom stereocenters. The van der Waals surface area contributed by atoms with E-state index >= 15 is 0 Å². The molecule has 0 radical (unpaired) electrons. The van der Waals surface area contributed by atoms with Crippen molar-refractivity contribution in [3.8, 4) is 6.07 Å². The quantitative estimate of drug-likeness (QED) is 0.793. The summed E-state index contributed by atoms with van der Waals surface area (Å²) in [4.78, 5) is 13.8. The van der Waals surface area contributed by atoms with Gasteiger partial charge in [0.05, 0.1) is 18.9 Å². The molecule has 1 aliphatic rings. The highest BCUT2D eigenvalue weighted by Crippen LogP contribution is 2.23. The van der Waals surface area contributed by atoms with E-state index in [-0.39, 0.29) is 11.5 Å². The fourth-order valence-electron chi connectivity index (χ4n) is 1.94. The van der Waals surface area contributed by atoms with E-state index in [1.807, 2.05) is 24.8 Å². The fourth-order valence-corrected chi connectivity index (χ4v) is 1.94. The first kappa shape index (κ1) is 12.7. The molecule has 2 rings (SSSR count). The van der Waals surface area contributed by atoms with E-state index in [0.29, 0.717) is 37.8 Å². The van der Waals surface area contributed by atoms with Crippen LogP contribution in [0.15, 0.2) is 15.3 Å². The molecule has 0 amide bonds. The van der Waals surface area contributed by atoms with Gasteiger partial charge in [-0.05, 0) is 0 Å². The van der Waals surface area contributed by atoms with Crippen LogP contribution >= 0.6 is 0 Å². The molecule has 18 heavy (non-hydrogen) atoms. The first-order valence-electron chi connectivity index (χ1n) is 6.04. The molecule has 1 aromatic heterocycles. The van der Waals surface area contributed by atoms with Crippen molar-refractivity contribution in [3.05, 3.63) is 27.8 Å². The van der Waals surface area contributed by atoms with Gasteiger partial charge >= 0.3 is 5.63 Å². The van der Waals surface area contributed by atoms with Crippen LogP contribution in [-0.2, 0) is 4.74 Å². The minimum absolute atomic E-state index is 0.0845. The average molecular weight is 248 g/mol. The van der Waals surface area contributed by atoms with E-state index in [9.17, 15) is 4.79 Å². The molecule has 0 N–H and O–H groups in total. The highest BCUT2D eigenvalue weighted by Gasteiger charge is 2.20. The Balaban J connectivity index is 2.49. The number of nitrogens with zero attached hydrogens (tertiary/aromatic N) is 2. The zero-order valence-corrected chi connectivity index (χ0v) is 10.6. The van der Waals surface area contributed by atoms with Gasteiger partial charge in [-0.15, -0.1) is 0 Å². The van der Waals surface area contributed by atoms with Crippen LogP contribution in [0.25, 0.3) is 0 Å². The number of anilines is 1. The van der Waals surface area contributed by atoms with Gasteiger partial charge in [0.2, 0.25) is 0 Å². The third-order valence-corrected chi connectivity index (χ3v) is 2.98. The highest BCUT2D eigenvalue weighted by molar-refractivity contribution is 5.58. The summed E-state index contributed by atoms with van der Waals surface area (Å²) < 4.78 is 10.4. The zero-order chi connectivity index (χ0) is 13.1. The maximum Gasteiger partial charge on any atom is 0.356 e. The lowest BCUT2D eigenvalue weighted by molar-refractivity contribution is 0.122. The minimum Gasteiger partial charge on any atom is -0.427 e. The van der Waals surface area contributed by atoms with Gasteiger partial charge in [0.1, 0.15) is 11.8 Å². The molecule has 2 heterocycles. The van der Waals surface area contributed by atoms with E-state index in [2.05, 4.69) is 0 Å². The first-order valence-corrected chi connectivity index (χ1v) is 6.04. The van der Waals surface area contributed by atoms with Crippen LogP contribution in [-0.4, -0.2) is 26.3 Å². The Hall–Kier alpha value is -1.80. The van der Waals surface area contributed by atoms with Gasteiger partial charge in [-0.1, -0.05) is 13.8 Å². The summed E-state index contributed by atoms with van der Waals surface area (Å²) in [5, 5.41) is 9.09. The van der Waals surface area contributed by atoms with Crippen molar-refractivity contribution in [2.45, 2.75) is 19.8 Å². The summed E-state index contributed by atoms with van der Waals surface area (Å²) in [6, 6.07) is 3.74. The number of nitriles is 1. The maximum atomic E-state index is 11.8. The molecule has 0 bridgehead atoms. The Morgan fingerprint density at radius 3 is 2.61 bits per heavy atom. The van der Waals surface area contributed by atoms with Gasteiger partial charge in [0.15, 0.2) is 5.56 Å². The molecule has 5 heteroatoms. The van der Waals surface area contributed by atoms with E-state index in [1.165, 1.54) is 0 Å². The van der Waals surface area contributed by atoms with Gasteiger partial charge in [-0.2, -0.15) is 5.26 Å². The van der Waals surface area contributed by atoms with Crippen LogP contribution in [0.4, 0.5) is 5.69 Å². The lowest BCUT2D eigenvalue weighted by atomic mass is 10.1. The van der Waals surface area contributed by atoms with Gasteiger partial charge in [-0.3, -0.25) is 0 Å². The predicted molar refractivity (Wildman–Crippen MR) is 66.8 cm³/mol. The maximum absolute atomic E-state index is 11.8. The Kier molecular flexibility index (Phi) is 3.68. The minimum atomic E-state index is -0.551. The smallest absolute Gasteiger partial charge is 0.356 e. The number of hydrogen-bond acceptors (Lipinski definition) is 5. The van der Waals surface area contributed by atoms with Crippen molar-refractivity contribution in [2.75, 3.05) is 31.2 Å². The monoisotopic (exact) mass is 248 g/mol. The van der Waals surface area contributed by atoms with Crippen LogP contribution in [0.5, 0.6) is 0 Å². The molecular formula is C13H16N2O3. The molecule has 1 fully saturated rings. The van der Waals surface area contributed by atoms with Crippen molar-refractivity contribution in [1.82, 2.24) is 0 Å². The van der Waals surface area contributed by atoms with Crippen molar-refractivity contribution in [3.63, 3.8) is 0 Å². The molecular weight excluding hydrogens is 232 g/mol. The molecule has 1 saturated heterocycles. The molecule has 0 aromatic carbocycles. The highest BCUT2D eigenvalue weighted by atomic mass is 16.5. The average Bonchev–Trinajstić information content (AvgIpc) is 2.38. The van der Waals surface area contributed by atoms with Gasteiger partial charge in [-0.25, -0.2) is 4.79 Å². The third kappa shape index (κ3) is 2.39. The summed E-state index contributed by atoms with van der Waals surface area (Å²) >= 11 is 0. The van der Waals surface area contributed by atoms with E-state index in [1.54, 1.807) is 6.07 Å². The third-order valence-electron chi connectivity index (χ3n) is 2.98. The van der Waals surface area contributed by atoms with Crippen LogP contribution in [0.3, 0.4) is 0 Å². The second-order valence-electron chi connectivity index (χ2n) is 4.56. The number of rotatable bonds is 2. The van der Waals surface area contributed by atoms with Crippen molar-refractivity contribution >= 4 is 5.69 Å². The van der Waals surface area contributed by atoms with Crippen molar-refractivity contribution in [1.29, 1.82) is 5.26 Å². The topological polar surface area (TPSA) is 66.5 Å². The fraction of sp³-hybridized carbons (Fsp3) is 0.538. The Bertz CT molecular complexity index is 522. The molecule has 0 unspecified atom stereocenters. The SMILES string of the molecule is CC(C)c1cc(N2CCOCC2)c(C#N)c(=O)o1. The Morgan fingerprint density at radius 1 is 1.39 bits per heavy atom. The molecule has 1 aromatic rings. The number of ether oxygens (including phenoxy) is 1. The Morgan fingerprint density at radius 2 is 2.06 bits per heavy atom. The van der Waals surface area contributed by atoms with Crippen molar-refractivity contribution in [2.24, 2.45) is 0 Å². The van der Waals surface area contributed by atoms with Gasteiger partial charge in [0.25, 0.3) is 0 Å². The molecule has 0 aliphatic carbocycles. The molecule has 1 aliphatic heterocycles. The molecule has 96 valence electrons. The number of hydrogen-bond donors (Lipinski definition) is 0. The lowest BCUT2D eigenvalue weighted by Crippen LogP contribution is -2.37. The van der Waals surface area contributed by atoms with Crippen LogP contribution in [0.1, 0.15) is 31.1 Å². The normalized spacial score (nSPS) is 15.8. The largest absolute Gasteiger partial charge is 0.427 e. The summed E-state index contributed by atoms with van der Waals surface area (Å²) in [5.74, 6) is 0.728. The van der Waals surface area contributed by atoms with Gasteiger partial charge in [0, 0.05) is 25.1 Å². The standard InChI is InChI=1S/C13H16N2O3/c1-9(2)12-7-11(10(8-14)13(16)18-12)15-3-5-17-6-4-15/h7,9H,3-6H2,1-2H3. The van der Waals surface area contributed by atoms with Crippen LogP contribution in [0.2, 0.25) is 0 Å². The van der Waals surface area contributed by atoms with E-state index in [4.69, 9.17) is 14.4 Å². The zero-order valence-electron chi connectivity index (χ0n) is 10.6. The second-order valence-corrected chi connectivity index (χ2v) is 4.56. The van der Waals surface area contributed by atoms with Crippen LogP contribution < -0.4 is 10.5 Å². The molecule has 0 saturated carbocycles. The second kappa shape index (κ2) is 5.23. The van der Waals surface area contributed by atoms with E-state index < -0.39 is 5.63 Å². The summed E-state index contributed by atoms with van der Waals surface area (Å²) in [6.07, 6.45) is 0. The van der Waals surface area contributed by atoms with Crippen molar-refractivity contribution < 1.29 is 9.15 Å². The number of morpholine rings is 1. The van der Waals surface area contributed by atoms with Crippen LogP contribution in [0, 0.1) is 11.3 Å².